The van der Waals surface area contributed by atoms with E-state index in [1.54, 1.807) is 61.3 Å². The fraction of sp³-hybridized carbons (Fsp3) is 0.292. The van der Waals surface area contributed by atoms with Gasteiger partial charge in [0.15, 0.2) is 16.6 Å². The molecule has 32 heavy (non-hydrogen) atoms. The van der Waals surface area contributed by atoms with E-state index < -0.39 is 18.0 Å². The van der Waals surface area contributed by atoms with Crippen LogP contribution in [0.25, 0.3) is 0 Å². The first-order valence-corrected chi connectivity index (χ1v) is 10.7. The van der Waals surface area contributed by atoms with Crippen LogP contribution in [0.5, 0.6) is 11.5 Å². The number of hydrogen-bond acceptors (Lipinski definition) is 6. The molecule has 0 fully saturated rings. The van der Waals surface area contributed by atoms with Gasteiger partial charge >= 0.3 is 11.9 Å². The molecule has 8 heteroatoms. The van der Waals surface area contributed by atoms with Crippen LogP contribution < -0.4 is 14.8 Å². The van der Waals surface area contributed by atoms with Crippen molar-refractivity contribution in [2.24, 2.45) is 0 Å². The van der Waals surface area contributed by atoms with Crippen LogP contribution in [0.2, 0.25) is 0 Å². The van der Waals surface area contributed by atoms with E-state index in [2.05, 4.69) is 5.32 Å². The van der Waals surface area contributed by atoms with Crippen molar-refractivity contribution in [2.45, 2.75) is 26.8 Å². The molecule has 0 aromatic heterocycles. The van der Waals surface area contributed by atoms with Crippen LogP contribution in [-0.2, 0) is 9.53 Å². The maximum atomic E-state index is 12.7. The summed E-state index contributed by atoms with van der Waals surface area (Å²) in [4.78, 5) is 27.0. The first-order valence-electron chi connectivity index (χ1n) is 10.3. The predicted molar refractivity (Wildman–Crippen MR) is 125 cm³/mol. The Hall–Kier alpha value is -3.39. The summed E-state index contributed by atoms with van der Waals surface area (Å²) in [5.74, 6) is -0.227. The average Bonchev–Trinajstić information content (AvgIpc) is 2.79. The fourth-order valence-electron chi connectivity index (χ4n) is 3.35. The van der Waals surface area contributed by atoms with Gasteiger partial charge < -0.3 is 24.4 Å². The number of nitrogens with zero attached hydrogens (tertiary/aromatic N) is 1. The Morgan fingerprint density at radius 2 is 1.75 bits per heavy atom. The minimum atomic E-state index is -0.532. The smallest absolute Gasteiger partial charge is 0.343 e. The lowest BCUT2D eigenvalue weighted by Gasteiger charge is -2.35. The van der Waals surface area contributed by atoms with E-state index in [9.17, 15) is 9.59 Å². The average molecular weight is 455 g/mol. The van der Waals surface area contributed by atoms with Crippen LogP contribution in [0.3, 0.4) is 0 Å². The van der Waals surface area contributed by atoms with Gasteiger partial charge in [-0.3, -0.25) is 0 Å². The molecule has 0 radical (unpaired) electrons. The Kier molecular flexibility index (Phi) is 7.48. The highest BCUT2D eigenvalue weighted by atomic mass is 32.1. The molecule has 0 saturated carbocycles. The van der Waals surface area contributed by atoms with Gasteiger partial charge in [-0.25, -0.2) is 9.59 Å². The highest BCUT2D eigenvalue weighted by Gasteiger charge is 2.34. The van der Waals surface area contributed by atoms with Gasteiger partial charge in [0.2, 0.25) is 0 Å². The number of rotatable bonds is 7. The van der Waals surface area contributed by atoms with E-state index >= 15 is 0 Å². The number of esters is 2. The van der Waals surface area contributed by atoms with E-state index in [0.29, 0.717) is 40.1 Å². The third-order valence-corrected chi connectivity index (χ3v) is 5.45. The molecule has 1 heterocycles. The molecule has 3 rings (SSSR count). The Balaban J connectivity index is 1.98. The molecule has 168 valence electrons. The van der Waals surface area contributed by atoms with Crippen molar-refractivity contribution in [1.29, 1.82) is 0 Å². The summed E-state index contributed by atoms with van der Waals surface area (Å²) in [6, 6.07) is 13.4. The van der Waals surface area contributed by atoms with Gasteiger partial charge in [-0.1, -0.05) is 24.3 Å². The SMILES string of the molecule is CCOC(=O)C1=C(C)N(C)C(=S)NC1c1ccc(OC(=O)c2ccccc2)c(OCC)c1. The Morgan fingerprint density at radius 3 is 2.41 bits per heavy atom. The molecule has 0 spiro atoms. The lowest BCUT2D eigenvalue weighted by molar-refractivity contribution is -0.139. The first-order chi connectivity index (χ1) is 15.4. The fourth-order valence-corrected chi connectivity index (χ4v) is 3.60. The molecular formula is C24H26N2O5S. The minimum absolute atomic E-state index is 0.259. The number of thiocarbonyl (C=S) groups is 1. The maximum absolute atomic E-state index is 12.7. The van der Waals surface area contributed by atoms with Crippen LogP contribution in [0.4, 0.5) is 0 Å². The summed E-state index contributed by atoms with van der Waals surface area (Å²) >= 11 is 5.44. The standard InChI is InChI=1S/C24H26N2O5S/c1-5-29-19-14-17(12-13-18(19)31-22(27)16-10-8-7-9-11-16)21-20(23(28)30-6-2)15(3)26(4)24(32)25-21/h7-14,21H,5-6H2,1-4H3,(H,25,32). The molecule has 7 nitrogen and oxygen atoms in total. The number of carbonyl (C=O) groups excluding carboxylic acids is 2. The first kappa shape index (κ1) is 23.3. The van der Waals surface area contributed by atoms with Gasteiger partial charge in [-0.15, -0.1) is 0 Å². The molecule has 0 saturated heterocycles. The summed E-state index contributed by atoms with van der Waals surface area (Å²) in [5.41, 5.74) is 2.32. The van der Waals surface area contributed by atoms with Crippen LogP contribution in [0.15, 0.2) is 59.8 Å². The van der Waals surface area contributed by atoms with Crippen LogP contribution >= 0.6 is 12.2 Å². The monoisotopic (exact) mass is 454 g/mol. The molecule has 1 unspecified atom stereocenters. The maximum Gasteiger partial charge on any atom is 0.343 e. The van der Waals surface area contributed by atoms with Crippen molar-refractivity contribution in [2.75, 3.05) is 20.3 Å². The molecule has 0 bridgehead atoms. The largest absolute Gasteiger partial charge is 0.490 e. The third kappa shape index (κ3) is 4.91. The molecule has 1 N–H and O–H groups in total. The minimum Gasteiger partial charge on any atom is -0.490 e. The lowest BCUT2D eigenvalue weighted by Crippen LogP contribution is -2.46. The Bertz CT molecular complexity index is 1050. The van der Waals surface area contributed by atoms with Crippen molar-refractivity contribution >= 4 is 29.3 Å². The van der Waals surface area contributed by atoms with Gasteiger partial charge in [-0.2, -0.15) is 0 Å². The summed E-state index contributed by atoms with van der Waals surface area (Å²) in [7, 11) is 1.79. The molecule has 0 amide bonds. The predicted octanol–water partition coefficient (Wildman–Crippen LogP) is 4.00. The number of hydrogen-bond donors (Lipinski definition) is 1. The highest BCUT2D eigenvalue weighted by Crippen LogP contribution is 2.36. The molecule has 0 aliphatic carbocycles. The van der Waals surface area contributed by atoms with E-state index in [1.807, 2.05) is 19.9 Å². The second kappa shape index (κ2) is 10.3. The number of nitrogens with one attached hydrogen (secondary N) is 1. The number of benzene rings is 2. The zero-order valence-electron chi connectivity index (χ0n) is 18.5. The Labute approximate surface area is 193 Å². The van der Waals surface area contributed by atoms with Crippen molar-refractivity contribution in [3.63, 3.8) is 0 Å². The number of ether oxygens (including phenoxy) is 3. The van der Waals surface area contributed by atoms with Crippen LogP contribution in [0, 0.1) is 0 Å². The summed E-state index contributed by atoms with van der Waals surface area (Å²) < 4.78 is 16.6. The quantitative estimate of drug-likeness (QED) is 0.382. The van der Waals surface area contributed by atoms with Crippen molar-refractivity contribution in [1.82, 2.24) is 10.2 Å². The topological polar surface area (TPSA) is 77.1 Å². The van der Waals surface area contributed by atoms with Gasteiger partial charge in [0, 0.05) is 12.7 Å². The van der Waals surface area contributed by atoms with Crippen molar-refractivity contribution < 1.29 is 23.8 Å². The molecule has 1 atom stereocenters. The van der Waals surface area contributed by atoms with E-state index in [-0.39, 0.29) is 6.61 Å². The number of carbonyl (C=O) groups is 2. The van der Waals surface area contributed by atoms with Crippen LogP contribution in [0.1, 0.15) is 42.7 Å². The van der Waals surface area contributed by atoms with E-state index in [4.69, 9.17) is 26.4 Å². The van der Waals surface area contributed by atoms with Gasteiger partial charge in [0.25, 0.3) is 0 Å². The van der Waals surface area contributed by atoms with Gasteiger partial charge in [0.1, 0.15) is 0 Å². The van der Waals surface area contributed by atoms with Crippen molar-refractivity contribution in [3.8, 4) is 11.5 Å². The van der Waals surface area contributed by atoms with Crippen molar-refractivity contribution in [3.05, 3.63) is 70.9 Å². The van der Waals surface area contributed by atoms with Gasteiger partial charge in [-0.05, 0) is 62.8 Å². The lowest BCUT2D eigenvalue weighted by atomic mass is 9.95. The summed E-state index contributed by atoms with van der Waals surface area (Å²) in [6.07, 6.45) is 0. The summed E-state index contributed by atoms with van der Waals surface area (Å²) in [6.45, 7) is 6.06. The normalized spacial score (nSPS) is 15.8. The molecule has 2 aromatic carbocycles. The number of allylic oxidation sites excluding steroid dienone is 1. The van der Waals surface area contributed by atoms with E-state index in [0.717, 1.165) is 5.56 Å². The Morgan fingerprint density at radius 1 is 1.03 bits per heavy atom. The molecular weight excluding hydrogens is 428 g/mol. The zero-order valence-corrected chi connectivity index (χ0v) is 19.3. The molecule has 2 aromatic rings. The summed E-state index contributed by atoms with van der Waals surface area (Å²) in [5, 5.41) is 3.68. The molecule has 1 aliphatic heterocycles. The second-order valence-corrected chi connectivity index (χ2v) is 7.44. The van der Waals surface area contributed by atoms with Gasteiger partial charge in [0.05, 0.1) is 30.4 Å². The molecule has 1 aliphatic rings. The van der Waals surface area contributed by atoms with E-state index in [1.165, 1.54) is 0 Å². The van der Waals surface area contributed by atoms with Crippen LogP contribution in [-0.4, -0.2) is 42.2 Å². The zero-order chi connectivity index (χ0) is 23.3. The second-order valence-electron chi connectivity index (χ2n) is 7.06. The third-order valence-electron chi connectivity index (χ3n) is 5.06. The highest BCUT2D eigenvalue weighted by molar-refractivity contribution is 7.80.